The van der Waals surface area contributed by atoms with Crippen molar-refractivity contribution in [2.24, 2.45) is 0 Å². The Balaban J connectivity index is 1.40. The highest BCUT2D eigenvalue weighted by atomic mass is 32.1. The maximum Gasteiger partial charge on any atom is 0.223 e. The van der Waals surface area contributed by atoms with Crippen LogP contribution in [-0.2, 0) is 11.2 Å². The second-order valence-electron chi connectivity index (χ2n) is 6.53. The number of hydrogen-bond acceptors (Lipinski definition) is 4. The lowest BCUT2D eigenvalue weighted by atomic mass is 10.0. The van der Waals surface area contributed by atoms with Crippen molar-refractivity contribution in [3.05, 3.63) is 22.4 Å². The normalized spacial score (nSPS) is 22.1. The zero-order valence-electron chi connectivity index (χ0n) is 13.5. The molecule has 0 unspecified atom stereocenters. The number of carbonyl (C=O) groups excluding carboxylic acids is 1. The van der Waals surface area contributed by atoms with Crippen molar-refractivity contribution in [1.82, 2.24) is 14.7 Å². The molecular weight excluding hydrogens is 294 g/mol. The Kier molecular flexibility index (Phi) is 5.50. The summed E-state index contributed by atoms with van der Waals surface area (Å²) in [4.78, 5) is 20.7. The molecule has 0 radical (unpaired) electrons. The van der Waals surface area contributed by atoms with Crippen LogP contribution in [0.4, 0.5) is 0 Å². The predicted octanol–water partition coefficient (Wildman–Crippen LogP) is 1.92. The van der Waals surface area contributed by atoms with E-state index < -0.39 is 0 Å². The molecule has 4 nitrogen and oxygen atoms in total. The SMILES string of the molecule is CN1CCC(N2CCN(C(=O)CCc3cccs3)CC2)CC1. The van der Waals surface area contributed by atoms with Crippen LogP contribution in [-0.4, -0.2) is 73.0 Å². The van der Waals surface area contributed by atoms with Crippen LogP contribution in [0.2, 0.25) is 0 Å². The van der Waals surface area contributed by atoms with Crippen molar-refractivity contribution in [3.63, 3.8) is 0 Å². The average molecular weight is 321 g/mol. The van der Waals surface area contributed by atoms with Crippen LogP contribution in [0, 0.1) is 0 Å². The predicted molar refractivity (Wildman–Crippen MR) is 91.3 cm³/mol. The molecule has 5 heteroatoms. The van der Waals surface area contributed by atoms with Gasteiger partial charge in [-0.25, -0.2) is 0 Å². The van der Waals surface area contributed by atoms with E-state index in [4.69, 9.17) is 0 Å². The lowest BCUT2D eigenvalue weighted by molar-refractivity contribution is -0.133. The number of amides is 1. The van der Waals surface area contributed by atoms with Gasteiger partial charge in [0, 0.05) is 43.5 Å². The Labute approximate surface area is 137 Å². The average Bonchev–Trinajstić information content (AvgIpc) is 3.07. The highest BCUT2D eigenvalue weighted by molar-refractivity contribution is 7.09. The summed E-state index contributed by atoms with van der Waals surface area (Å²) in [6.07, 6.45) is 4.12. The Morgan fingerprint density at radius 3 is 2.55 bits per heavy atom. The molecule has 122 valence electrons. The Hall–Kier alpha value is -0.910. The molecule has 2 fully saturated rings. The molecule has 1 amide bonds. The molecule has 1 aromatic rings. The molecule has 0 spiro atoms. The molecule has 0 N–H and O–H groups in total. The number of nitrogens with zero attached hydrogens (tertiary/aromatic N) is 3. The van der Waals surface area contributed by atoms with Crippen LogP contribution in [0.5, 0.6) is 0 Å². The van der Waals surface area contributed by atoms with Crippen molar-refractivity contribution in [3.8, 4) is 0 Å². The van der Waals surface area contributed by atoms with Gasteiger partial charge in [-0.1, -0.05) is 6.07 Å². The summed E-state index contributed by atoms with van der Waals surface area (Å²) in [5.41, 5.74) is 0. The van der Waals surface area contributed by atoms with E-state index in [-0.39, 0.29) is 0 Å². The smallest absolute Gasteiger partial charge is 0.223 e. The number of hydrogen-bond donors (Lipinski definition) is 0. The molecule has 3 heterocycles. The number of likely N-dealkylation sites (tertiary alicyclic amines) is 1. The number of piperazine rings is 1. The zero-order valence-corrected chi connectivity index (χ0v) is 14.4. The van der Waals surface area contributed by atoms with Crippen LogP contribution in [0.15, 0.2) is 17.5 Å². The summed E-state index contributed by atoms with van der Waals surface area (Å²) >= 11 is 1.75. The van der Waals surface area contributed by atoms with Gasteiger partial charge in [0.25, 0.3) is 0 Å². The number of piperidine rings is 1. The van der Waals surface area contributed by atoms with Crippen LogP contribution in [0.1, 0.15) is 24.1 Å². The van der Waals surface area contributed by atoms with Crippen molar-refractivity contribution in [1.29, 1.82) is 0 Å². The van der Waals surface area contributed by atoms with Gasteiger partial charge in [0.05, 0.1) is 0 Å². The number of aryl methyl sites for hydroxylation is 1. The number of rotatable bonds is 4. The van der Waals surface area contributed by atoms with Crippen LogP contribution in [0.25, 0.3) is 0 Å². The van der Waals surface area contributed by atoms with E-state index >= 15 is 0 Å². The van der Waals surface area contributed by atoms with E-state index in [0.717, 1.165) is 38.6 Å². The van der Waals surface area contributed by atoms with E-state index in [1.165, 1.54) is 30.8 Å². The van der Waals surface area contributed by atoms with E-state index in [1.54, 1.807) is 11.3 Å². The van der Waals surface area contributed by atoms with Crippen molar-refractivity contribution >= 4 is 17.2 Å². The van der Waals surface area contributed by atoms with Crippen molar-refractivity contribution < 1.29 is 4.79 Å². The Morgan fingerprint density at radius 2 is 1.91 bits per heavy atom. The van der Waals surface area contributed by atoms with E-state index in [1.807, 2.05) is 0 Å². The standard InChI is InChI=1S/C17H27N3OS/c1-18-8-6-15(7-9-18)19-10-12-20(13-11-19)17(21)5-4-16-3-2-14-22-16/h2-3,14-15H,4-13H2,1H3. The van der Waals surface area contributed by atoms with Gasteiger partial charge < -0.3 is 9.80 Å². The molecule has 2 aliphatic heterocycles. The van der Waals surface area contributed by atoms with Crippen molar-refractivity contribution in [2.45, 2.75) is 31.7 Å². The largest absolute Gasteiger partial charge is 0.340 e. The minimum atomic E-state index is 0.330. The van der Waals surface area contributed by atoms with E-state index in [9.17, 15) is 4.79 Å². The molecule has 22 heavy (non-hydrogen) atoms. The number of thiophene rings is 1. The van der Waals surface area contributed by atoms with Gasteiger partial charge >= 0.3 is 0 Å². The monoisotopic (exact) mass is 321 g/mol. The molecule has 2 saturated heterocycles. The highest BCUT2D eigenvalue weighted by Gasteiger charge is 2.27. The first kappa shape index (κ1) is 16.0. The number of carbonyl (C=O) groups is 1. The molecule has 3 rings (SSSR count). The van der Waals surface area contributed by atoms with Crippen LogP contribution >= 0.6 is 11.3 Å². The highest BCUT2D eigenvalue weighted by Crippen LogP contribution is 2.18. The molecular formula is C17H27N3OS. The van der Waals surface area contributed by atoms with E-state index in [2.05, 4.69) is 39.3 Å². The van der Waals surface area contributed by atoms with E-state index in [0.29, 0.717) is 12.3 Å². The second-order valence-corrected chi connectivity index (χ2v) is 7.56. The maximum atomic E-state index is 12.3. The van der Waals surface area contributed by atoms with Gasteiger partial charge in [-0.3, -0.25) is 9.69 Å². The fraction of sp³-hybridized carbons (Fsp3) is 0.706. The third kappa shape index (κ3) is 4.09. The third-order valence-electron chi connectivity index (χ3n) is 5.04. The Bertz CT molecular complexity index is 460. The van der Waals surface area contributed by atoms with Gasteiger partial charge in [0.15, 0.2) is 0 Å². The van der Waals surface area contributed by atoms with Crippen LogP contribution < -0.4 is 0 Å². The summed E-state index contributed by atoms with van der Waals surface area (Å²) in [5.74, 6) is 0.330. The second kappa shape index (κ2) is 7.57. The first-order valence-electron chi connectivity index (χ1n) is 8.45. The maximum absolute atomic E-state index is 12.3. The summed E-state index contributed by atoms with van der Waals surface area (Å²) in [5, 5.41) is 2.08. The first-order valence-corrected chi connectivity index (χ1v) is 9.33. The molecule has 0 aromatic carbocycles. The molecule has 0 atom stereocenters. The fourth-order valence-electron chi connectivity index (χ4n) is 3.54. The van der Waals surface area contributed by atoms with Crippen molar-refractivity contribution in [2.75, 3.05) is 46.3 Å². The molecule has 1 aromatic heterocycles. The molecule has 0 saturated carbocycles. The van der Waals surface area contributed by atoms with Gasteiger partial charge in [-0.05, 0) is 50.8 Å². The van der Waals surface area contributed by atoms with Crippen LogP contribution in [0.3, 0.4) is 0 Å². The van der Waals surface area contributed by atoms with Gasteiger partial charge in [0.2, 0.25) is 5.91 Å². The summed E-state index contributed by atoms with van der Waals surface area (Å²) < 4.78 is 0. The fourth-order valence-corrected chi connectivity index (χ4v) is 4.25. The lowest BCUT2D eigenvalue weighted by Gasteiger charge is -2.42. The summed E-state index contributed by atoms with van der Waals surface area (Å²) in [6.45, 7) is 6.36. The first-order chi connectivity index (χ1) is 10.7. The molecule has 2 aliphatic rings. The molecule has 0 aliphatic carbocycles. The topological polar surface area (TPSA) is 26.8 Å². The zero-order chi connectivity index (χ0) is 15.4. The molecule has 0 bridgehead atoms. The third-order valence-corrected chi connectivity index (χ3v) is 5.97. The van der Waals surface area contributed by atoms with Gasteiger partial charge in [-0.15, -0.1) is 11.3 Å². The lowest BCUT2D eigenvalue weighted by Crippen LogP contribution is -2.54. The van der Waals surface area contributed by atoms with Gasteiger partial charge in [0.1, 0.15) is 0 Å². The summed E-state index contributed by atoms with van der Waals surface area (Å²) in [6, 6.07) is 4.92. The summed E-state index contributed by atoms with van der Waals surface area (Å²) in [7, 11) is 2.21. The quantitative estimate of drug-likeness (QED) is 0.848. The minimum absolute atomic E-state index is 0.330. The van der Waals surface area contributed by atoms with Gasteiger partial charge in [-0.2, -0.15) is 0 Å². The Morgan fingerprint density at radius 1 is 1.18 bits per heavy atom. The minimum Gasteiger partial charge on any atom is -0.340 e.